The van der Waals surface area contributed by atoms with Crippen LogP contribution in [0, 0.1) is 23.2 Å². The molecule has 1 aromatic rings. The first kappa shape index (κ1) is 19.9. The van der Waals surface area contributed by atoms with Crippen molar-refractivity contribution in [3.8, 4) is 0 Å². The van der Waals surface area contributed by atoms with Crippen LogP contribution in [0.1, 0.15) is 66.2 Å². The van der Waals surface area contributed by atoms with E-state index in [0.29, 0.717) is 11.1 Å². The predicted molar refractivity (Wildman–Crippen MR) is 106 cm³/mol. The van der Waals surface area contributed by atoms with E-state index in [1.807, 2.05) is 0 Å². The number of amides is 1. The fourth-order valence-electron chi connectivity index (χ4n) is 6.22. The highest BCUT2D eigenvalue weighted by atomic mass is 16.5. The Bertz CT molecular complexity index is 765. The van der Waals surface area contributed by atoms with Gasteiger partial charge in [0.25, 0.3) is 5.91 Å². The molecule has 156 valence electrons. The number of rotatable bonds is 6. The first-order valence-electron chi connectivity index (χ1n) is 10.5. The molecule has 4 saturated carbocycles. The summed E-state index contributed by atoms with van der Waals surface area (Å²) in [7, 11) is 1.30. The van der Waals surface area contributed by atoms with Crippen molar-refractivity contribution in [2.24, 2.45) is 23.2 Å². The lowest BCUT2D eigenvalue weighted by molar-refractivity contribution is -0.128. The maximum absolute atomic E-state index is 12.4. The van der Waals surface area contributed by atoms with Gasteiger partial charge in [-0.05, 0) is 92.9 Å². The molecule has 6 heteroatoms. The molecule has 0 heterocycles. The van der Waals surface area contributed by atoms with E-state index in [1.54, 1.807) is 0 Å². The molecule has 0 unspecified atom stereocenters. The molecule has 0 saturated heterocycles. The van der Waals surface area contributed by atoms with Gasteiger partial charge in [-0.2, -0.15) is 0 Å². The zero-order valence-electron chi connectivity index (χ0n) is 17.1. The molecule has 4 bridgehead atoms. The van der Waals surface area contributed by atoms with E-state index < -0.39 is 11.9 Å². The summed E-state index contributed by atoms with van der Waals surface area (Å²) in [5, 5.41) is 3.10. The Morgan fingerprint density at radius 2 is 1.45 bits per heavy atom. The largest absolute Gasteiger partial charge is 0.465 e. The molecule has 0 aliphatic heterocycles. The molecular weight excluding hydrogens is 370 g/mol. The Hall–Kier alpha value is -2.37. The minimum atomic E-state index is -0.584. The van der Waals surface area contributed by atoms with Crippen LogP contribution in [0.2, 0.25) is 0 Å². The molecule has 4 fully saturated rings. The molecule has 1 aromatic carbocycles. The van der Waals surface area contributed by atoms with E-state index in [4.69, 9.17) is 4.74 Å². The summed E-state index contributed by atoms with van der Waals surface area (Å²) in [5.74, 6) is 1.17. The van der Waals surface area contributed by atoms with Crippen LogP contribution in [0.3, 0.4) is 0 Å². The topological polar surface area (TPSA) is 81.7 Å². The van der Waals surface area contributed by atoms with Gasteiger partial charge in [0.15, 0.2) is 6.61 Å². The predicted octanol–water partition coefficient (Wildman–Crippen LogP) is 3.35. The Balaban J connectivity index is 1.29. The zero-order chi connectivity index (χ0) is 20.6. The Labute approximate surface area is 171 Å². The van der Waals surface area contributed by atoms with Gasteiger partial charge in [0.2, 0.25) is 0 Å². The lowest BCUT2D eigenvalue weighted by atomic mass is 9.48. The van der Waals surface area contributed by atoms with Crippen molar-refractivity contribution in [3.05, 3.63) is 35.4 Å². The first-order valence-corrected chi connectivity index (χ1v) is 10.5. The van der Waals surface area contributed by atoms with Gasteiger partial charge in [0, 0.05) is 6.04 Å². The molecule has 4 aliphatic carbocycles. The summed E-state index contributed by atoms with van der Waals surface area (Å²) in [6.07, 6.45) is 7.75. The standard InChI is InChI=1S/C23H29NO5/c1-14(23-10-15-7-16(11-23)9-17(8-15)12-23)24-20(25)13-29-22(27)19-5-3-18(4-6-19)21(26)28-2/h3-6,14-17H,7-13H2,1-2H3,(H,24,25)/t14-,15?,16?,17?,23?/m0/s1. The van der Waals surface area contributed by atoms with E-state index in [9.17, 15) is 14.4 Å². The van der Waals surface area contributed by atoms with Gasteiger partial charge in [-0.25, -0.2) is 9.59 Å². The van der Waals surface area contributed by atoms with Crippen LogP contribution in [0.5, 0.6) is 0 Å². The molecule has 0 spiro atoms. The highest BCUT2D eigenvalue weighted by Gasteiger charge is 2.53. The molecule has 1 N–H and O–H groups in total. The minimum Gasteiger partial charge on any atom is -0.465 e. The first-order chi connectivity index (χ1) is 13.9. The van der Waals surface area contributed by atoms with Crippen LogP contribution in [0.25, 0.3) is 0 Å². The molecule has 1 atom stereocenters. The zero-order valence-corrected chi connectivity index (χ0v) is 17.1. The van der Waals surface area contributed by atoms with Crippen LogP contribution in [-0.4, -0.2) is 37.6 Å². The van der Waals surface area contributed by atoms with Crippen molar-refractivity contribution in [1.29, 1.82) is 0 Å². The second-order valence-electron chi connectivity index (χ2n) is 9.21. The third-order valence-electron chi connectivity index (χ3n) is 7.26. The van der Waals surface area contributed by atoms with E-state index in [0.717, 1.165) is 17.8 Å². The van der Waals surface area contributed by atoms with Crippen LogP contribution >= 0.6 is 0 Å². The number of methoxy groups -OCH3 is 1. The average molecular weight is 399 g/mol. The van der Waals surface area contributed by atoms with Gasteiger partial charge in [-0.1, -0.05) is 0 Å². The lowest BCUT2D eigenvalue weighted by Crippen LogP contribution is -2.56. The Kier molecular flexibility index (Phi) is 5.36. The number of hydrogen-bond acceptors (Lipinski definition) is 5. The van der Waals surface area contributed by atoms with Gasteiger partial charge in [-0.15, -0.1) is 0 Å². The average Bonchev–Trinajstić information content (AvgIpc) is 2.70. The Morgan fingerprint density at radius 3 is 1.93 bits per heavy atom. The van der Waals surface area contributed by atoms with Gasteiger partial charge in [-0.3, -0.25) is 4.79 Å². The summed E-state index contributed by atoms with van der Waals surface area (Å²) in [4.78, 5) is 36.1. The van der Waals surface area contributed by atoms with Crippen LogP contribution < -0.4 is 5.32 Å². The van der Waals surface area contributed by atoms with E-state index in [1.165, 1.54) is 69.9 Å². The SMILES string of the molecule is COC(=O)c1ccc(C(=O)OCC(=O)N[C@@H](C)C23CC4CC(CC(C4)C2)C3)cc1. The number of nitrogens with one attached hydrogen (secondary N) is 1. The molecule has 29 heavy (non-hydrogen) atoms. The normalized spacial score (nSPS) is 30.5. The van der Waals surface area contributed by atoms with Crippen molar-refractivity contribution >= 4 is 17.8 Å². The maximum atomic E-state index is 12.4. The number of esters is 2. The van der Waals surface area contributed by atoms with Crippen molar-refractivity contribution in [2.45, 2.75) is 51.5 Å². The molecule has 1 amide bonds. The smallest absolute Gasteiger partial charge is 0.338 e. The quantitative estimate of drug-likeness (QED) is 0.742. The highest BCUT2D eigenvalue weighted by Crippen LogP contribution is 2.61. The summed E-state index contributed by atoms with van der Waals surface area (Å²) >= 11 is 0. The molecule has 6 nitrogen and oxygen atoms in total. The second kappa shape index (κ2) is 7.81. The summed E-state index contributed by atoms with van der Waals surface area (Å²) < 4.78 is 9.80. The number of benzene rings is 1. The molecular formula is C23H29NO5. The maximum Gasteiger partial charge on any atom is 0.338 e. The van der Waals surface area contributed by atoms with Crippen LogP contribution in [0.15, 0.2) is 24.3 Å². The third-order valence-corrected chi connectivity index (χ3v) is 7.26. The molecule has 4 aliphatic rings. The number of carbonyl (C=O) groups excluding carboxylic acids is 3. The number of carbonyl (C=O) groups is 3. The lowest BCUT2D eigenvalue weighted by Gasteiger charge is -2.59. The van der Waals surface area contributed by atoms with Gasteiger partial charge in [0.05, 0.1) is 18.2 Å². The summed E-state index contributed by atoms with van der Waals surface area (Å²) in [5.41, 5.74) is 0.865. The molecule has 0 radical (unpaired) electrons. The van der Waals surface area contributed by atoms with Crippen molar-refractivity contribution in [3.63, 3.8) is 0 Å². The fraction of sp³-hybridized carbons (Fsp3) is 0.609. The Morgan fingerprint density at radius 1 is 0.966 bits per heavy atom. The van der Waals surface area contributed by atoms with Crippen molar-refractivity contribution in [1.82, 2.24) is 5.32 Å². The van der Waals surface area contributed by atoms with Gasteiger partial charge >= 0.3 is 11.9 Å². The van der Waals surface area contributed by atoms with Gasteiger partial charge < -0.3 is 14.8 Å². The minimum absolute atomic E-state index is 0.0986. The van der Waals surface area contributed by atoms with Crippen LogP contribution in [-0.2, 0) is 14.3 Å². The third kappa shape index (κ3) is 4.02. The second-order valence-corrected chi connectivity index (χ2v) is 9.21. The molecule has 0 aromatic heterocycles. The van der Waals surface area contributed by atoms with E-state index >= 15 is 0 Å². The van der Waals surface area contributed by atoms with Gasteiger partial charge in [0.1, 0.15) is 0 Å². The van der Waals surface area contributed by atoms with Crippen molar-refractivity contribution in [2.75, 3.05) is 13.7 Å². The molecule has 5 rings (SSSR count). The van der Waals surface area contributed by atoms with Crippen molar-refractivity contribution < 1.29 is 23.9 Å². The number of hydrogen-bond donors (Lipinski definition) is 1. The summed E-state index contributed by atoms with van der Waals surface area (Å²) in [6, 6.07) is 6.08. The van der Waals surface area contributed by atoms with E-state index in [-0.39, 0.29) is 24.0 Å². The summed E-state index contributed by atoms with van der Waals surface area (Å²) in [6.45, 7) is 1.81. The van der Waals surface area contributed by atoms with E-state index in [2.05, 4.69) is 17.0 Å². The van der Waals surface area contributed by atoms with Crippen LogP contribution in [0.4, 0.5) is 0 Å². The monoisotopic (exact) mass is 399 g/mol. The highest BCUT2D eigenvalue weighted by molar-refractivity contribution is 5.94. The number of ether oxygens (including phenoxy) is 2. The fourth-order valence-corrected chi connectivity index (χ4v) is 6.22.